The smallest absolute Gasteiger partial charge is 0.300 e. The maximum absolute atomic E-state index is 13.2. The topological polar surface area (TPSA) is 95.9 Å². The minimum Gasteiger partial charge on any atom is -0.507 e. The molecule has 0 bridgehead atoms. The van der Waals surface area contributed by atoms with Crippen molar-refractivity contribution >= 4 is 46.3 Å². The SMILES string of the molecule is COc1ccc(Cl)cc1/C(O)=C1\C(=O)C(=O)N(c2ccc(NC(C)=O)cc2)C1c1ccccc1. The van der Waals surface area contributed by atoms with Crippen molar-refractivity contribution in [1.29, 1.82) is 0 Å². The second-order valence-corrected chi connectivity index (χ2v) is 8.09. The highest BCUT2D eigenvalue weighted by Crippen LogP contribution is 2.43. The highest BCUT2D eigenvalue weighted by Gasteiger charge is 2.47. The molecule has 3 aromatic rings. The van der Waals surface area contributed by atoms with Gasteiger partial charge in [0.1, 0.15) is 11.5 Å². The molecule has 1 fully saturated rings. The lowest BCUT2D eigenvalue weighted by molar-refractivity contribution is -0.132. The van der Waals surface area contributed by atoms with Gasteiger partial charge in [-0.05, 0) is 48.0 Å². The number of nitrogens with zero attached hydrogens (tertiary/aromatic N) is 1. The van der Waals surface area contributed by atoms with Gasteiger partial charge < -0.3 is 15.2 Å². The van der Waals surface area contributed by atoms with Crippen LogP contribution in [0.3, 0.4) is 0 Å². The maximum Gasteiger partial charge on any atom is 0.300 e. The second-order valence-electron chi connectivity index (χ2n) is 7.65. The van der Waals surface area contributed by atoms with Crippen LogP contribution in [-0.2, 0) is 14.4 Å². The Morgan fingerprint density at radius 1 is 1.03 bits per heavy atom. The number of nitrogens with one attached hydrogen (secondary N) is 1. The molecule has 1 saturated heterocycles. The van der Waals surface area contributed by atoms with Crippen LogP contribution >= 0.6 is 11.6 Å². The molecule has 1 aliphatic rings. The van der Waals surface area contributed by atoms with E-state index in [1.807, 2.05) is 6.07 Å². The Balaban J connectivity index is 1.90. The van der Waals surface area contributed by atoms with E-state index < -0.39 is 17.7 Å². The first kappa shape index (κ1) is 23.1. The lowest BCUT2D eigenvalue weighted by atomic mass is 9.95. The second kappa shape index (κ2) is 9.41. The first-order valence-electron chi connectivity index (χ1n) is 10.4. The van der Waals surface area contributed by atoms with Gasteiger partial charge in [0.05, 0.1) is 24.3 Å². The molecule has 0 radical (unpaired) electrons. The van der Waals surface area contributed by atoms with Crippen LogP contribution in [0.2, 0.25) is 5.02 Å². The van der Waals surface area contributed by atoms with Crippen LogP contribution in [0.15, 0.2) is 78.4 Å². The lowest BCUT2D eigenvalue weighted by Crippen LogP contribution is -2.29. The van der Waals surface area contributed by atoms with Gasteiger partial charge in [0, 0.05) is 23.3 Å². The van der Waals surface area contributed by atoms with Crippen LogP contribution in [0.4, 0.5) is 11.4 Å². The number of ether oxygens (including phenoxy) is 1. The molecule has 8 heteroatoms. The minimum absolute atomic E-state index is 0.0808. The van der Waals surface area contributed by atoms with Crippen molar-refractivity contribution < 1.29 is 24.2 Å². The molecule has 0 saturated carbocycles. The average molecular weight is 477 g/mol. The van der Waals surface area contributed by atoms with Crippen molar-refractivity contribution in [2.45, 2.75) is 13.0 Å². The number of carbonyl (C=O) groups excluding carboxylic acids is 3. The van der Waals surface area contributed by atoms with E-state index in [2.05, 4.69) is 5.32 Å². The fraction of sp³-hybridized carbons (Fsp3) is 0.115. The molecule has 7 nitrogen and oxygen atoms in total. The summed E-state index contributed by atoms with van der Waals surface area (Å²) in [6, 6.07) is 19.2. The highest BCUT2D eigenvalue weighted by atomic mass is 35.5. The van der Waals surface area contributed by atoms with Crippen LogP contribution in [0.1, 0.15) is 24.1 Å². The standard InChI is InChI=1S/C26H21ClN2O5/c1-15(30)28-18-9-11-19(12-10-18)29-23(16-6-4-3-5-7-16)22(25(32)26(29)33)24(31)20-14-17(27)8-13-21(20)34-2/h3-14,23,31H,1-2H3,(H,28,30)/b24-22+. The van der Waals surface area contributed by atoms with Gasteiger partial charge >= 0.3 is 0 Å². The number of aliphatic hydroxyl groups is 1. The molecule has 172 valence electrons. The van der Waals surface area contributed by atoms with Gasteiger partial charge in [0.2, 0.25) is 5.91 Å². The number of amides is 2. The van der Waals surface area contributed by atoms with Gasteiger partial charge in [-0.1, -0.05) is 41.9 Å². The van der Waals surface area contributed by atoms with Gasteiger partial charge in [-0.3, -0.25) is 19.3 Å². The van der Waals surface area contributed by atoms with E-state index in [4.69, 9.17) is 16.3 Å². The molecular formula is C26H21ClN2O5. The first-order valence-corrected chi connectivity index (χ1v) is 10.8. The number of aliphatic hydroxyl groups excluding tert-OH is 1. The number of hydrogen-bond donors (Lipinski definition) is 2. The molecule has 0 spiro atoms. The first-order chi connectivity index (χ1) is 16.3. The van der Waals surface area contributed by atoms with Crippen molar-refractivity contribution in [2.24, 2.45) is 0 Å². The Morgan fingerprint density at radius 2 is 1.71 bits per heavy atom. The summed E-state index contributed by atoms with van der Waals surface area (Å²) >= 11 is 6.14. The monoisotopic (exact) mass is 476 g/mol. The molecule has 34 heavy (non-hydrogen) atoms. The van der Waals surface area contributed by atoms with Gasteiger partial charge in [0.25, 0.3) is 11.7 Å². The summed E-state index contributed by atoms with van der Waals surface area (Å²) in [5.41, 5.74) is 1.74. The fourth-order valence-electron chi connectivity index (χ4n) is 3.97. The van der Waals surface area contributed by atoms with Crippen LogP contribution in [0.5, 0.6) is 5.75 Å². The zero-order chi connectivity index (χ0) is 24.4. The number of halogens is 1. The number of rotatable bonds is 5. The average Bonchev–Trinajstić information content (AvgIpc) is 3.10. The summed E-state index contributed by atoms with van der Waals surface area (Å²) in [6.07, 6.45) is 0. The summed E-state index contributed by atoms with van der Waals surface area (Å²) in [6.45, 7) is 1.39. The predicted octanol–water partition coefficient (Wildman–Crippen LogP) is 4.93. The number of carbonyl (C=O) groups is 3. The number of hydrogen-bond acceptors (Lipinski definition) is 5. The van der Waals surface area contributed by atoms with E-state index in [9.17, 15) is 19.5 Å². The third-order valence-electron chi connectivity index (χ3n) is 5.44. The van der Waals surface area contributed by atoms with Gasteiger partial charge in [-0.25, -0.2) is 0 Å². The van der Waals surface area contributed by atoms with Gasteiger partial charge in [-0.15, -0.1) is 0 Å². The number of benzene rings is 3. The van der Waals surface area contributed by atoms with E-state index in [1.165, 1.54) is 25.0 Å². The van der Waals surface area contributed by atoms with Gasteiger partial charge in [0.15, 0.2) is 0 Å². The Hall–Kier alpha value is -4.10. The molecule has 1 heterocycles. The molecule has 2 N–H and O–H groups in total. The Bertz CT molecular complexity index is 1300. The molecule has 1 unspecified atom stereocenters. The van der Waals surface area contributed by atoms with Crippen molar-refractivity contribution in [1.82, 2.24) is 0 Å². The molecule has 0 aromatic heterocycles. The molecule has 3 aromatic carbocycles. The molecule has 2 amide bonds. The Labute approximate surface area is 201 Å². The van der Waals surface area contributed by atoms with Crippen molar-refractivity contribution in [3.8, 4) is 5.75 Å². The fourth-order valence-corrected chi connectivity index (χ4v) is 4.14. The summed E-state index contributed by atoms with van der Waals surface area (Å²) in [5, 5.41) is 14.3. The molecule has 1 atom stereocenters. The molecule has 4 rings (SSSR count). The minimum atomic E-state index is -0.892. The van der Waals surface area contributed by atoms with Crippen molar-refractivity contribution in [3.63, 3.8) is 0 Å². The zero-order valence-electron chi connectivity index (χ0n) is 18.4. The van der Waals surface area contributed by atoms with Crippen LogP contribution in [0, 0.1) is 0 Å². The van der Waals surface area contributed by atoms with E-state index in [-0.39, 0.29) is 22.8 Å². The van der Waals surface area contributed by atoms with Crippen LogP contribution in [0.25, 0.3) is 5.76 Å². The quantitative estimate of drug-likeness (QED) is 0.309. The van der Waals surface area contributed by atoms with E-state index in [0.717, 1.165) is 0 Å². The number of methoxy groups -OCH3 is 1. The Morgan fingerprint density at radius 3 is 2.32 bits per heavy atom. The molecular weight excluding hydrogens is 456 g/mol. The zero-order valence-corrected chi connectivity index (χ0v) is 19.2. The van der Waals surface area contributed by atoms with Crippen molar-refractivity contribution in [2.75, 3.05) is 17.3 Å². The normalized spacial score (nSPS) is 17.0. The molecule has 0 aliphatic carbocycles. The van der Waals surface area contributed by atoms with Gasteiger partial charge in [-0.2, -0.15) is 0 Å². The molecule has 1 aliphatic heterocycles. The summed E-state index contributed by atoms with van der Waals surface area (Å²) in [4.78, 5) is 39.1. The summed E-state index contributed by atoms with van der Waals surface area (Å²) in [5.74, 6) is -1.93. The third kappa shape index (κ3) is 4.25. The number of anilines is 2. The number of Topliss-reactive ketones (excluding diaryl/α,β-unsaturated/α-hetero) is 1. The lowest BCUT2D eigenvalue weighted by Gasteiger charge is -2.25. The number of ketones is 1. The van der Waals surface area contributed by atoms with Crippen LogP contribution < -0.4 is 15.0 Å². The largest absolute Gasteiger partial charge is 0.507 e. The van der Waals surface area contributed by atoms with E-state index in [1.54, 1.807) is 60.7 Å². The van der Waals surface area contributed by atoms with E-state index >= 15 is 0 Å². The summed E-state index contributed by atoms with van der Waals surface area (Å²) in [7, 11) is 1.43. The summed E-state index contributed by atoms with van der Waals surface area (Å²) < 4.78 is 5.34. The predicted molar refractivity (Wildman–Crippen MR) is 130 cm³/mol. The van der Waals surface area contributed by atoms with Crippen molar-refractivity contribution in [3.05, 3.63) is 94.5 Å². The van der Waals surface area contributed by atoms with E-state index in [0.29, 0.717) is 27.7 Å². The highest BCUT2D eigenvalue weighted by molar-refractivity contribution is 6.51. The maximum atomic E-state index is 13.2. The third-order valence-corrected chi connectivity index (χ3v) is 5.68. The Kier molecular flexibility index (Phi) is 6.38. The van der Waals surface area contributed by atoms with Crippen LogP contribution in [-0.4, -0.2) is 29.8 Å².